The summed E-state index contributed by atoms with van der Waals surface area (Å²) in [5.74, 6) is 0.169. The first kappa shape index (κ1) is 12.9. The number of ether oxygens (including phenoxy) is 1. The van der Waals surface area contributed by atoms with Crippen LogP contribution in [-0.2, 0) is 16.0 Å². The van der Waals surface area contributed by atoms with E-state index in [-0.39, 0.29) is 11.9 Å². The first-order valence-electron chi connectivity index (χ1n) is 5.70. The highest BCUT2D eigenvalue weighted by molar-refractivity contribution is 5.85. The van der Waals surface area contributed by atoms with Gasteiger partial charge in [-0.3, -0.25) is 4.79 Å². The van der Waals surface area contributed by atoms with Crippen molar-refractivity contribution in [2.45, 2.75) is 39.7 Å². The molecule has 2 heteroatoms. The molecule has 1 aromatic rings. The van der Waals surface area contributed by atoms with Crippen molar-refractivity contribution in [1.29, 1.82) is 0 Å². The van der Waals surface area contributed by atoms with Crippen molar-refractivity contribution in [1.82, 2.24) is 0 Å². The van der Waals surface area contributed by atoms with Crippen LogP contribution in [0.4, 0.5) is 0 Å². The van der Waals surface area contributed by atoms with Gasteiger partial charge in [-0.15, -0.1) is 0 Å². The van der Waals surface area contributed by atoms with Crippen LogP contribution in [0.3, 0.4) is 0 Å². The molecule has 0 saturated heterocycles. The smallest absolute Gasteiger partial charge is 0.165 e. The van der Waals surface area contributed by atoms with Gasteiger partial charge in [0.1, 0.15) is 6.10 Å². The van der Waals surface area contributed by atoms with Crippen LogP contribution in [0.5, 0.6) is 0 Å². The van der Waals surface area contributed by atoms with E-state index < -0.39 is 0 Å². The third-order valence-corrected chi connectivity index (χ3v) is 3.01. The van der Waals surface area contributed by atoms with Gasteiger partial charge in [-0.05, 0) is 37.0 Å². The summed E-state index contributed by atoms with van der Waals surface area (Å²) < 4.78 is 5.16. The Hall–Kier alpha value is -1.15. The number of hydrogen-bond acceptors (Lipinski definition) is 2. The molecule has 1 aromatic carbocycles. The summed E-state index contributed by atoms with van der Waals surface area (Å²) in [6.45, 7) is 6.06. The second kappa shape index (κ2) is 5.80. The van der Waals surface area contributed by atoms with Gasteiger partial charge in [0, 0.05) is 13.5 Å². The van der Waals surface area contributed by atoms with Crippen molar-refractivity contribution in [2.24, 2.45) is 0 Å². The van der Waals surface area contributed by atoms with Gasteiger partial charge in [0.2, 0.25) is 0 Å². The molecule has 1 unspecified atom stereocenters. The number of benzene rings is 1. The number of Topliss-reactive ketones (excluding diaryl/α,β-unsaturated/α-hetero) is 1. The van der Waals surface area contributed by atoms with Crippen LogP contribution in [0.15, 0.2) is 18.2 Å². The van der Waals surface area contributed by atoms with E-state index in [4.69, 9.17) is 4.74 Å². The minimum Gasteiger partial charge on any atom is -0.374 e. The first-order valence-corrected chi connectivity index (χ1v) is 5.70. The fourth-order valence-electron chi connectivity index (χ4n) is 1.94. The molecule has 1 rings (SSSR count). The summed E-state index contributed by atoms with van der Waals surface area (Å²) in [6.07, 6.45) is 0.949. The Morgan fingerprint density at radius 1 is 1.31 bits per heavy atom. The quantitative estimate of drug-likeness (QED) is 0.762. The van der Waals surface area contributed by atoms with Crippen molar-refractivity contribution < 1.29 is 9.53 Å². The van der Waals surface area contributed by atoms with E-state index in [2.05, 4.69) is 0 Å². The van der Waals surface area contributed by atoms with Crippen molar-refractivity contribution >= 4 is 5.78 Å². The summed E-state index contributed by atoms with van der Waals surface area (Å²) in [6, 6.07) is 6.11. The number of aryl methyl sites for hydroxylation is 2. The molecule has 0 amide bonds. The summed E-state index contributed by atoms with van der Waals surface area (Å²) in [7, 11) is 1.59. The molecule has 0 radical (unpaired) electrons. The number of hydrogen-bond donors (Lipinski definition) is 0. The van der Waals surface area contributed by atoms with Gasteiger partial charge in [-0.2, -0.15) is 0 Å². The SMILES string of the molecule is CCC(OC)C(=O)Cc1c(C)cccc1C. The topological polar surface area (TPSA) is 26.3 Å². The van der Waals surface area contributed by atoms with Crippen LogP contribution >= 0.6 is 0 Å². The summed E-state index contributed by atoms with van der Waals surface area (Å²) >= 11 is 0. The maximum atomic E-state index is 12.0. The largest absolute Gasteiger partial charge is 0.374 e. The number of methoxy groups -OCH3 is 1. The Morgan fingerprint density at radius 2 is 1.88 bits per heavy atom. The lowest BCUT2D eigenvalue weighted by Gasteiger charge is -2.14. The highest BCUT2D eigenvalue weighted by atomic mass is 16.5. The third-order valence-electron chi connectivity index (χ3n) is 3.01. The lowest BCUT2D eigenvalue weighted by molar-refractivity contribution is -0.128. The van der Waals surface area contributed by atoms with Crippen molar-refractivity contribution in [2.75, 3.05) is 7.11 Å². The van der Waals surface area contributed by atoms with E-state index in [1.54, 1.807) is 7.11 Å². The molecule has 0 N–H and O–H groups in total. The molecule has 0 fully saturated rings. The molecule has 88 valence electrons. The Bertz CT molecular complexity index is 345. The van der Waals surface area contributed by atoms with Crippen LogP contribution in [0, 0.1) is 13.8 Å². The molecule has 0 bridgehead atoms. The molecular formula is C14H20O2. The maximum Gasteiger partial charge on any atom is 0.165 e. The molecule has 2 nitrogen and oxygen atoms in total. The fraction of sp³-hybridized carbons (Fsp3) is 0.500. The molecule has 0 heterocycles. The van der Waals surface area contributed by atoms with Crippen molar-refractivity contribution in [3.8, 4) is 0 Å². The van der Waals surface area contributed by atoms with Gasteiger partial charge in [-0.1, -0.05) is 25.1 Å². The van der Waals surface area contributed by atoms with Gasteiger partial charge in [-0.25, -0.2) is 0 Å². The average Bonchev–Trinajstić information content (AvgIpc) is 2.25. The van der Waals surface area contributed by atoms with Gasteiger partial charge in [0.15, 0.2) is 5.78 Å². The second-order valence-electron chi connectivity index (χ2n) is 4.15. The number of carbonyl (C=O) groups is 1. The van der Waals surface area contributed by atoms with Gasteiger partial charge < -0.3 is 4.74 Å². The molecule has 1 atom stereocenters. The second-order valence-corrected chi connectivity index (χ2v) is 4.15. The maximum absolute atomic E-state index is 12.0. The summed E-state index contributed by atoms with van der Waals surface area (Å²) in [5, 5.41) is 0. The fourth-order valence-corrected chi connectivity index (χ4v) is 1.94. The normalized spacial score (nSPS) is 12.5. The van der Waals surface area contributed by atoms with Crippen molar-refractivity contribution in [3.63, 3.8) is 0 Å². The minimum atomic E-state index is -0.265. The minimum absolute atomic E-state index is 0.169. The number of ketones is 1. The van der Waals surface area contributed by atoms with Gasteiger partial charge in [0.25, 0.3) is 0 Å². The van der Waals surface area contributed by atoms with Gasteiger partial charge >= 0.3 is 0 Å². The van der Waals surface area contributed by atoms with E-state index in [1.165, 1.54) is 11.1 Å². The third kappa shape index (κ3) is 2.92. The Morgan fingerprint density at radius 3 is 2.31 bits per heavy atom. The van der Waals surface area contributed by atoms with E-state index in [0.29, 0.717) is 6.42 Å². The van der Waals surface area contributed by atoms with E-state index in [1.807, 2.05) is 39.0 Å². The van der Waals surface area contributed by atoms with Crippen LogP contribution < -0.4 is 0 Å². The first-order chi connectivity index (χ1) is 7.60. The molecule has 0 aliphatic heterocycles. The zero-order chi connectivity index (χ0) is 12.1. The zero-order valence-corrected chi connectivity index (χ0v) is 10.5. The molecule has 0 aromatic heterocycles. The van der Waals surface area contributed by atoms with Crippen LogP contribution in [0.2, 0.25) is 0 Å². The molecule has 0 aliphatic rings. The predicted octanol–water partition coefficient (Wildman–Crippen LogP) is 2.84. The highest BCUT2D eigenvalue weighted by Crippen LogP contribution is 2.15. The average molecular weight is 220 g/mol. The highest BCUT2D eigenvalue weighted by Gasteiger charge is 2.17. The Kier molecular flexibility index (Phi) is 4.69. The van der Waals surface area contributed by atoms with E-state index in [0.717, 1.165) is 12.0 Å². The molecule has 0 spiro atoms. The predicted molar refractivity (Wildman–Crippen MR) is 65.7 cm³/mol. The lowest BCUT2D eigenvalue weighted by Crippen LogP contribution is -2.24. The van der Waals surface area contributed by atoms with Crippen LogP contribution in [0.25, 0.3) is 0 Å². The number of rotatable bonds is 5. The number of carbonyl (C=O) groups excluding carboxylic acids is 1. The monoisotopic (exact) mass is 220 g/mol. The molecule has 0 saturated carbocycles. The zero-order valence-electron chi connectivity index (χ0n) is 10.5. The van der Waals surface area contributed by atoms with E-state index in [9.17, 15) is 4.79 Å². The molecule has 16 heavy (non-hydrogen) atoms. The molecule has 0 aliphatic carbocycles. The van der Waals surface area contributed by atoms with E-state index >= 15 is 0 Å². The van der Waals surface area contributed by atoms with Crippen LogP contribution in [0.1, 0.15) is 30.0 Å². The van der Waals surface area contributed by atoms with Crippen molar-refractivity contribution in [3.05, 3.63) is 34.9 Å². The van der Waals surface area contributed by atoms with Gasteiger partial charge in [0.05, 0.1) is 0 Å². The standard InChI is InChI=1S/C14H20O2/c1-5-14(16-4)13(15)9-12-10(2)7-6-8-11(12)3/h6-8,14H,5,9H2,1-4H3. The Labute approximate surface area is 97.6 Å². The molecular weight excluding hydrogens is 200 g/mol. The lowest BCUT2D eigenvalue weighted by atomic mass is 9.96. The van der Waals surface area contributed by atoms with Crippen LogP contribution in [-0.4, -0.2) is 19.0 Å². The Balaban J connectivity index is 2.84. The summed E-state index contributed by atoms with van der Waals surface area (Å²) in [5.41, 5.74) is 3.50. The summed E-state index contributed by atoms with van der Waals surface area (Å²) in [4.78, 5) is 12.0.